The van der Waals surface area contributed by atoms with Crippen LogP contribution in [-0.2, 0) is 30.0 Å². The van der Waals surface area contributed by atoms with Crippen LogP contribution in [0.5, 0.6) is 46.0 Å². The lowest BCUT2D eigenvalue weighted by molar-refractivity contribution is -0.135. The number of hydrogen-bond acceptors (Lipinski definition) is 16. The normalized spacial score (nSPS) is 11.1. The molecule has 0 bridgehead atoms. The van der Waals surface area contributed by atoms with Crippen LogP contribution in [0.25, 0.3) is 0 Å². The number of hydrogen-bond donors (Lipinski definition) is 0. The van der Waals surface area contributed by atoms with Crippen molar-refractivity contribution >= 4 is 47.8 Å². The molecule has 16 heteroatoms. The van der Waals surface area contributed by atoms with E-state index < -0.39 is 58.6 Å². The van der Waals surface area contributed by atoms with E-state index in [4.69, 9.17) is 37.9 Å². The number of rotatable bonds is 23. The molecule has 0 atom stereocenters. The highest BCUT2D eigenvalue weighted by molar-refractivity contribution is 5.94. The molecule has 426 valence electrons. The Morgan fingerprint density at radius 1 is 0.329 bits per heavy atom. The Hall–Kier alpha value is -9.44. The Labute approximate surface area is 476 Å². The summed E-state index contributed by atoms with van der Waals surface area (Å²) in [5.74, 6) is -2.46. The van der Waals surface area contributed by atoms with Crippen LogP contribution in [0.4, 0.5) is 0 Å². The predicted octanol–water partition coefficient (Wildman–Crippen LogP) is 13.8. The number of benzene rings is 6. The molecule has 0 aromatic heterocycles. The summed E-state index contributed by atoms with van der Waals surface area (Å²) in [5.41, 5.74) is 1.57. The maximum atomic E-state index is 13.3. The van der Waals surface area contributed by atoms with E-state index in [1.54, 1.807) is 24.3 Å². The van der Waals surface area contributed by atoms with Crippen LogP contribution in [-0.4, -0.2) is 47.8 Å². The second-order valence-corrected chi connectivity index (χ2v) is 21.4. The van der Waals surface area contributed by atoms with E-state index in [1.165, 1.54) is 123 Å². The summed E-state index contributed by atoms with van der Waals surface area (Å²) in [7, 11) is 0. The lowest BCUT2D eigenvalue weighted by atomic mass is 9.86. The van der Waals surface area contributed by atoms with Gasteiger partial charge in [0.25, 0.3) is 0 Å². The van der Waals surface area contributed by atoms with E-state index in [9.17, 15) is 38.4 Å². The molecular formula is C66H66O16. The molecule has 0 amide bonds. The number of ether oxygens (including phenoxy) is 8. The average molecular weight is 1120 g/mol. The van der Waals surface area contributed by atoms with Gasteiger partial charge in [-0.1, -0.05) is 80.4 Å². The van der Waals surface area contributed by atoms with Gasteiger partial charge in [-0.15, -0.1) is 0 Å². The molecule has 0 fully saturated rings. The van der Waals surface area contributed by atoms with Crippen LogP contribution in [0.3, 0.4) is 0 Å². The fraction of sp³-hybridized carbons (Fsp3) is 0.273. The highest BCUT2D eigenvalue weighted by atomic mass is 16.6. The molecular weight excluding hydrogens is 1050 g/mol. The molecule has 0 spiro atoms. The minimum absolute atomic E-state index is 0.203. The molecule has 0 N–H and O–H groups in total. The third-order valence-electron chi connectivity index (χ3n) is 12.3. The van der Waals surface area contributed by atoms with Crippen LogP contribution >= 0.6 is 0 Å². The fourth-order valence-corrected chi connectivity index (χ4v) is 7.78. The highest BCUT2D eigenvalue weighted by Crippen LogP contribution is 2.37. The first kappa shape index (κ1) is 61.8. The molecule has 6 aromatic rings. The molecule has 0 heterocycles. The number of carbonyl (C=O) groups excluding carboxylic acids is 8. The van der Waals surface area contributed by atoms with E-state index in [2.05, 4.69) is 13.2 Å². The molecule has 0 unspecified atom stereocenters. The lowest BCUT2D eigenvalue weighted by Gasteiger charge is -2.23. The van der Waals surface area contributed by atoms with E-state index in [0.29, 0.717) is 24.0 Å². The summed E-state index contributed by atoms with van der Waals surface area (Å²) in [6.45, 7) is 21.7. The summed E-state index contributed by atoms with van der Waals surface area (Å²) < 4.78 is 44.2. The number of esters is 8. The molecule has 0 aliphatic carbocycles. The SMILES string of the molecule is C=C(C)C(=O)Oc1ccc(C(=O)Oc2ccc(OC(=O)c3ccc(OC(=O)CCCCCCCCC(=O)Oc4ccc(C(=O)Oc5ccc(OC(=O)c6ccc(OC(=O)C(=C)C)cc6)cc5C(C)(C)C)cc4)cc3)c(C(C)(C)C)c2)cc1. The molecule has 0 radical (unpaired) electrons. The third-order valence-corrected chi connectivity index (χ3v) is 12.3. The summed E-state index contributed by atoms with van der Waals surface area (Å²) in [6, 6.07) is 33.3. The van der Waals surface area contributed by atoms with Gasteiger partial charge >= 0.3 is 47.8 Å². The Bertz CT molecular complexity index is 3110. The van der Waals surface area contributed by atoms with Gasteiger partial charge in [0.05, 0.1) is 22.3 Å². The smallest absolute Gasteiger partial charge is 0.343 e. The highest BCUT2D eigenvalue weighted by Gasteiger charge is 2.26. The second-order valence-electron chi connectivity index (χ2n) is 21.4. The van der Waals surface area contributed by atoms with Crippen molar-refractivity contribution in [3.05, 3.63) is 191 Å². The van der Waals surface area contributed by atoms with Crippen molar-refractivity contribution in [2.24, 2.45) is 0 Å². The minimum Gasteiger partial charge on any atom is -0.427 e. The molecule has 0 aliphatic heterocycles. The van der Waals surface area contributed by atoms with Crippen molar-refractivity contribution in [2.45, 2.75) is 118 Å². The van der Waals surface area contributed by atoms with Gasteiger partial charge in [-0.05, 0) is 171 Å². The van der Waals surface area contributed by atoms with Crippen molar-refractivity contribution in [1.82, 2.24) is 0 Å². The molecule has 82 heavy (non-hydrogen) atoms. The average Bonchev–Trinajstić information content (AvgIpc) is 3.50. The van der Waals surface area contributed by atoms with Gasteiger partial charge in [0.2, 0.25) is 0 Å². The van der Waals surface area contributed by atoms with Gasteiger partial charge in [0.15, 0.2) is 0 Å². The van der Waals surface area contributed by atoms with Crippen molar-refractivity contribution in [1.29, 1.82) is 0 Å². The third kappa shape index (κ3) is 18.6. The minimum atomic E-state index is -0.640. The van der Waals surface area contributed by atoms with Crippen molar-refractivity contribution < 1.29 is 76.3 Å². The van der Waals surface area contributed by atoms with Gasteiger partial charge in [0, 0.05) is 35.1 Å². The van der Waals surface area contributed by atoms with Crippen molar-refractivity contribution in [2.75, 3.05) is 0 Å². The first-order valence-electron chi connectivity index (χ1n) is 26.6. The van der Waals surface area contributed by atoms with Gasteiger partial charge in [-0.25, -0.2) is 28.8 Å². The van der Waals surface area contributed by atoms with Crippen LogP contribution in [0, 0.1) is 0 Å². The van der Waals surface area contributed by atoms with Crippen LogP contribution in [0.1, 0.15) is 159 Å². The monoisotopic (exact) mass is 1110 g/mol. The number of carbonyl (C=O) groups is 8. The van der Waals surface area contributed by atoms with E-state index in [-0.39, 0.29) is 92.2 Å². The standard InChI is InChI=1S/C66H66O16/c1-41(2)59(69)77-49-31-23-43(24-32-49)61(71)79-51-35-37-55(53(39-51)65(5,6)7)81-63(73)45-19-27-47(28-20-45)75-57(67)17-15-13-11-12-14-16-18-58(68)76-48-29-21-46(22-30-48)64(74)82-56-38-36-52(40-54(56)66(8,9)10)80-62(72)44-25-33-50(34-26-44)78-60(70)42(3)4/h19-40H,1,3,11-18H2,2,4-10H3. The molecule has 0 saturated heterocycles. The molecule has 0 aliphatic rings. The second kappa shape index (κ2) is 28.1. The maximum Gasteiger partial charge on any atom is 0.343 e. The summed E-state index contributed by atoms with van der Waals surface area (Å²) in [5, 5.41) is 0. The summed E-state index contributed by atoms with van der Waals surface area (Å²) in [4.78, 5) is 101. The van der Waals surface area contributed by atoms with E-state index in [0.717, 1.165) is 25.7 Å². The molecule has 16 nitrogen and oxygen atoms in total. The lowest BCUT2D eigenvalue weighted by Crippen LogP contribution is -2.17. The quantitative estimate of drug-likeness (QED) is 0.0253. The largest absolute Gasteiger partial charge is 0.427 e. The van der Waals surface area contributed by atoms with Gasteiger partial charge in [0.1, 0.15) is 46.0 Å². The Morgan fingerprint density at radius 2 is 0.585 bits per heavy atom. The zero-order valence-electron chi connectivity index (χ0n) is 47.3. The predicted molar refractivity (Wildman–Crippen MR) is 305 cm³/mol. The Kier molecular flexibility index (Phi) is 21.2. The summed E-state index contributed by atoms with van der Waals surface area (Å²) >= 11 is 0. The number of unbranched alkanes of at least 4 members (excludes halogenated alkanes) is 5. The summed E-state index contributed by atoms with van der Waals surface area (Å²) in [6.07, 6.45) is 4.93. The van der Waals surface area contributed by atoms with Crippen molar-refractivity contribution in [3.63, 3.8) is 0 Å². The van der Waals surface area contributed by atoms with Gasteiger partial charge in [-0.3, -0.25) is 9.59 Å². The van der Waals surface area contributed by atoms with Crippen LogP contribution in [0.15, 0.2) is 158 Å². The molecule has 0 saturated carbocycles. The first-order valence-corrected chi connectivity index (χ1v) is 26.6. The molecule has 6 aromatic carbocycles. The van der Waals surface area contributed by atoms with Gasteiger partial charge in [-0.2, -0.15) is 0 Å². The maximum absolute atomic E-state index is 13.3. The zero-order valence-corrected chi connectivity index (χ0v) is 47.3. The van der Waals surface area contributed by atoms with Crippen LogP contribution < -0.4 is 37.9 Å². The molecule has 6 rings (SSSR count). The topological polar surface area (TPSA) is 210 Å². The first-order chi connectivity index (χ1) is 38.8. The fourth-order valence-electron chi connectivity index (χ4n) is 7.78. The Balaban J connectivity index is 0.862. The van der Waals surface area contributed by atoms with Crippen molar-refractivity contribution in [3.8, 4) is 46.0 Å². The van der Waals surface area contributed by atoms with Crippen LogP contribution in [0.2, 0.25) is 0 Å². The van der Waals surface area contributed by atoms with E-state index in [1.807, 2.05) is 41.5 Å². The van der Waals surface area contributed by atoms with Gasteiger partial charge < -0.3 is 37.9 Å². The zero-order chi connectivity index (χ0) is 59.7. The Morgan fingerprint density at radius 3 is 0.866 bits per heavy atom. The van der Waals surface area contributed by atoms with E-state index >= 15 is 0 Å².